The number of hydrogen-bond donors (Lipinski definition) is 0. The van der Waals surface area contributed by atoms with Crippen molar-refractivity contribution < 1.29 is 9.26 Å². The van der Waals surface area contributed by atoms with E-state index in [0.717, 1.165) is 43.8 Å². The maximum absolute atomic E-state index is 5.77. The summed E-state index contributed by atoms with van der Waals surface area (Å²) in [6.07, 6.45) is 4.81. The van der Waals surface area contributed by atoms with Crippen molar-refractivity contribution in [2.45, 2.75) is 51.7 Å². The van der Waals surface area contributed by atoms with Gasteiger partial charge >= 0.3 is 0 Å². The zero-order chi connectivity index (χ0) is 13.2. The number of aromatic nitrogens is 2. The molecule has 1 aromatic rings. The average molecular weight is 265 g/mol. The highest BCUT2D eigenvalue weighted by molar-refractivity contribution is 4.95. The molecule has 1 saturated carbocycles. The first kappa shape index (κ1) is 13.1. The first-order chi connectivity index (χ1) is 9.22. The van der Waals surface area contributed by atoms with E-state index in [4.69, 9.17) is 9.26 Å². The number of aryl methyl sites for hydroxylation is 1. The zero-order valence-electron chi connectivity index (χ0n) is 11.8. The van der Waals surface area contributed by atoms with Crippen LogP contribution < -0.4 is 0 Å². The summed E-state index contributed by atoms with van der Waals surface area (Å²) < 4.78 is 11.1. The molecule has 0 N–H and O–H groups in total. The van der Waals surface area contributed by atoms with E-state index in [0.29, 0.717) is 6.04 Å². The van der Waals surface area contributed by atoms with Crippen LogP contribution >= 0.6 is 0 Å². The molecule has 0 unspecified atom stereocenters. The second kappa shape index (κ2) is 5.59. The molecular formula is C14H23N3O2. The molecule has 0 amide bonds. The molecule has 1 atom stereocenters. The van der Waals surface area contributed by atoms with Gasteiger partial charge in [0.15, 0.2) is 0 Å². The number of morpholine rings is 1. The van der Waals surface area contributed by atoms with E-state index in [-0.39, 0.29) is 6.10 Å². The van der Waals surface area contributed by atoms with E-state index in [1.807, 2.05) is 0 Å². The lowest BCUT2D eigenvalue weighted by molar-refractivity contribution is -0.0450. The van der Waals surface area contributed by atoms with E-state index in [1.165, 1.54) is 19.3 Å². The summed E-state index contributed by atoms with van der Waals surface area (Å²) in [6.45, 7) is 7.01. The summed E-state index contributed by atoms with van der Waals surface area (Å²) in [5, 5.41) is 4.09. The van der Waals surface area contributed by atoms with Crippen LogP contribution in [0.5, 0.6) is 0 Å². The van der Waals surface area contributed by atoms with Gasteiger partial charge in [-0.05, 0) is 26.2 Å². The highest BCUT2D eigenvalue weighted by atomic mass is 16.5. The Kier molecular flexibility index (Phi) is 3.84. The maximum Gasteiger partial charge on any atom is 0.226 e. The Morgan fingerprint density at radius 3 is 2.95 bits per heavy atom. The fourth-order valence-corrected chi connectivity index (χ4v) is 2.53. The van der Waals surface area contributed by atoms with Crippen LogP contribution in [0.1, 0.15) is 50.9 Å². The van der Waals surface area contributed by atoms with Crippen molar-refractivity contribution in [2.75, 3.05) is 19.7 Å². The molecule has 1 saturated heterocycles. The molecule has 1 aliphatic heterocycles. The predicted octanol–water partition coefficient (Wildman–Crippen LogP) is 2.19. The first-order valence-corrected chi connectivity index (χ1v) is 7.40. The van der Waals surface area contributed by atoms with Crippen LogP contribution in [0.15, 0.2) is 4.52 Å². The Hall–Kier alpha value is -0.940. The topological polar surface area (TPSA) is 51.4 Å². The average Bonchev–Trinajstić information content (AvgIpc) is 3.13. The van der Waals surface area contributed by atoms with Crippen LogP contribution in [0.3, 0.4) is 0 Å². The van der Waals surface area contributed by atoms with Crippen molar-refractivity contribution in [2.24, 2.45) is 5.92 Å². The van der Waals surface area contributed by atoms with Gasteiger partial charge in [-0.1, -0.05) is 18.0 Å². The van der Waals surface area contributed by atoms with Crippen LogP contribution in [0.2, 0.25) is 0 Å². The number of rotatable bonds is 5. The van der Waals surface area contributed by atoms with E-state index < -0.39 is 0 Å². The van der Waals surface area contributed by atoms with Crippen molar-refractivity contribution in [3.05, 3.63) is 11.7 Å². The summed E-state index contributed by atoms with van der Waals surface area (Å²) in [5.41, 5.74) is 0. The quantitative estimate of drug-likeness (QED) is 0.817. The Morgan fingerprint density at radius 2 is 2.21 bits per heavy atom. The third-order valence-electron chi connectivity index (χ3n) is 4.06. The molecule has 2 aliphatic rings. The molecule has 2 fully saturated rings. The number of ether oxygens (including phenoxy) is 1. The van der Waals surface area contributed by atoms with Gasteiger partial charge in [-0.3, -0.25) is 4.90 Å². The lowest BCUT2D eigenvalue weighted by Crippen LogP contribution is -2.42. The highest BCUT2D eigenvalue weighted by Gasteiger charge is 2.28. The van der Waals surface area contributed by atoms with Crippen LogP contribution in [0.25, 0.3) is 0 Å². The Bertz CT molecular complexity index is 415. The Morgan fingerprint density at radius 1 is 1.37 bits per heavy atom. The summed E-state index contributed by atoms with van der Waals surface area (Å²) in [5.74, 6) is 2.39. The van der Waals surface area contributed by atoms with Crippen molar-refractivity contribution in [3.63, 3.8) is 0 Å². The molecule has 2 heterocycles. The van der Waals surface area contributed by atoms with Crippen LogP contribution in [-0.4, -0.2) is 40.8 Å². The molecule has 0 aromatic carbocycles. The van der Waals surface area contributed by atoms with Crippen molar-refractivity contribution in [3.8, 4) is 0 Å². The van der Waals surface area contributed by atoms with E-state index in [2.05, 4.69) is 28.9 Å². The third kappa shape index (κ3) is 3.34. The molecule has 0 radical (unpaired) electrons. The number of nitrogens with zero attached hydrogens (tertiary/aromatic N) is 3. The van der Waals surface area contributed by atoms with Gasteiger partial charge in [0.25, 0.3) is 0 Å². The fourth-order valence-electron chi connectivity index (χ4n) is 2.53. The van der Waals surface area contributed by atoms with E-state index >= 15 is 0 Å². The largest absolute Gasteiger partial charge is 0.367 e. The summed E-state index contributed by atoms with van der Waals surface area (Å²) in [4.78, 5) is 6.90. The molecule has 1 aromatic heterocycles. The highest BCUT2D eigenvalue weighted by Crippen LogP contribution is 2.33. The van der Waals surface area contributed by atoms with Gasteiger partial charge in [-0.25, -0.2) is 0 Å². The molecule has 19 heavy (non-hydrogen) atoms. The lowest BCUT2D eigenvalue weighted by atomic mass is 10.2. The minimum absolute atomic E-state index is 0.0328. The standard InChI is InChI=1S/C14H23N3O2/c1-10(2)17-7-8-18-12(9-17)14-15-13(19-16-14)6-5-11-3-4-11/h10-12H,3-9H2,1-2H3/t12-/m1/s1. The first-order valence-electron chi connectivity index (χ1n) is 7.40. The predicted molar refractivity (Wildman–Crippen MR) is 70.7 cm³/mol. The normalized spacial score (nSPS) is 25.1. The second-order valence-electron chi connectivity index (χ2n) is 5.98. The number of hydrogen-bond acceptors (Lipinski definition) is 5. The smallest absolute Gasteiger partial charge is 0.226 e. The van der Waals surface area contributed by atoms with Crippen molar-refractivity contribution >= 4 is 0 Å². The van der Waals surface area contributed by atoms with Crippen molar-refractivity contribution in [1.82, 2.24) is 15.0 Å². The van der Waals surface area contributed by atoms with Gasteiger partial charge in [-0.15, -0.1) is 0 Å². The molecule has 0 spiro atoms. The van der Waals surface area contributed by atoms with Gasteiger partial charge < -0.3 is 9.26 Å². The summed E-state index contributed by atoms with van der Waals surface area (Å²) >= 11 is 0. The fraction of sp³-hybridized carbons (Fsp3) is 0.857. The van der Waals surface area contributed by atoms with Gasteiger partial charge in [0, 0.05) is 25.6 Å². The lowest BCUT2D eigenvalue weighted by Gasteiger charge is -2.34. The Labute approximate surface area is 114 Å². The van der Waals surface area contributed by atoms with Gasteiger partial charge in [0.2, 0.25) is 11.7 Å². The van der Waals surface area contributed by atoms with Crippen molar-refractivity contribution in [1.29, 1.82) is 0 Å². The molecule has 5 heteroatoms. The summed E-state index contributed by atoms with van der Waals surface area (Å²) in [7, 11) is 0. The zero-order valence-corrected chi connectivity index (χ0v) is 11.8. The van der Waals surface area contributed by atoms with Crippen LogP contribution in [0, 0.1) is 5.92 Å². The third-order valence-corrected chi connectivity index (χ3v) is 4.06. The monoisotopic (exact) mass is 265 g/mol. The van der Waals surface area contributed by atoms with Gasteiger partial charge in [0.05, 0.1) is 6.61 Å². The van der Waals surface area contributed by atoms with Gasteiger partial charge in [0.1, 0.15) is 6.10 Å². The van der Waals surface area contributed by atoms with E-state index in [1.54, 1.807) is 0 Å². The van der Waals surface area contributed by atoms with Crippen LogP contribution in [0.4, 0.5) is 0 Å². The maximum atomic E-state index is 5.77. The Balaban J connectivity index is 1.57. The molecule has 5 nitrogen and oxygen atoms in total. The van der Waals surface area contributed by atoms with E-state index in [9.17, 15) is 0 Å². The van der Waals surface area contributed by atoms with Gasteiger partial charge in [-0.2, -0.15) is 4.98 Å². The minimum Gasteiger partial charge on any atom is -0.367 e. The SMILES string of the molecule is CC(C)N1CCO[C@@H](c2noc(CCC3CC3)n2)C1. The molecule has 1 aliphatic carbocycles. The second-order valence-corrected chi connectivity index (χ2v) is 5.98. The molecule has 106 valence electrons. The molecular weight excluding hydrogens is 242 g/mol. The minimum atomic E-state index is -0.0328. The summed E-state index contributed by atoms with van der Waals surface area (Å²) in [6, 6.07) is 0.535. The molecule has 3 rings (SSSR count). The molecule has 0 bridgehead atoms. The van der Waals surface area contributed by atoms with Crippen LogP contribution in [-0.2, 0) is 11.2 Å².